The van der Waals surface area contributed by atoms with Crippen LogP contribution in [0, 0.1) is 12.7 Å². The number of aromatic hydroxyl groups is 1. The summed E-state index contributed by atoms with van der Waals surface area (Å²) in [6, 6.07) is 10.8. The minimum atomic E-state index is -0.420. The first kappa shape index (κ1) is 23.0. The van der Waals surface area contributed by atoms with Crippen LogP contribution in [0.15, 0.2) is 47.3 Å². The molecule has 0 radical (unpaired) electrons. The van der Waals surface area contributed by atoms with Crippen LogP contribution in [-0.4, -0.2) is 34.3 Å². The van der Waals surface area contributed by atoms with E-state index in [4.69, 9.17) is 9.47 Å². The predicted octanol–water partition coefficient (Wildman–Crippen LogP) is 4.17. The molecule has 0 aliphatic rings. The van der Waals surface area contributed by atoms with Crippen LogP contribution in [0.3, 0.4) is 0 Å². The zero-order chi connectivity index (χ0) is 22.1. The maximum atomic E-state index is 13.7. The summed E-state index contributed by atoms with van der Waals surface area (Å²) < 4.78 is 24.2. The predicted molar refractivity (Wildman–Crippen MR) is 122 cm³/mol. The van der Waals surface area contributed by atoms with Gasteiger partial charge in [0.15, 0.2) is 11.5 Å². The fraction of sp³-hybridized carbons (Fsp3) is 0.174. The number of aromatic nitrogens is 3. The molecule has 2 N–H and O–H groups in total. The smallest absolute Gasteiger partial charge is 0.258 e. The van der Waals surface area contributed by atoms with E-state index in [1.54, 1.807) is 37.3 Å². The lowest BCUT2D eigenvalue weighted by Gasteiger charge is -2.10. The number of phenolic OH excluding ortho intramolecular Hbond substituents is 1. The first-order valence-electron chi connectivity index (χ1n) is 9.49. The van der Waals surface area contributed by atoms with Crippen LogP contribution < -0.4 is 15.0 Å². The number of aryl methyl sites for hydroxylation is 1. The number of ether oxygens (including phenoxy) is 2. The topological polar surface area (TPSA) is 97.3 Å². The number of benzene rings is 2. The number of fused-ring (bicyclic) bond motifs is 1. The zero-order valence-corrected chi connectivity index (χ0v) is 18.4. The number of nitrogens with one attached hydrogen (secondary N) is 1. The highest BCUT2D eigenvalue weighted by Crippen LogP contribution is 2.31. The van der Waals surface area contributed by atoms with E-state index in [1.165, 1.54) is 26.4 Å². The minimum absolute atomic E-state index is 0. The molecule has 0 bridgehead atoms. The first-order valence-corrected chi connectivity index (χ1v) is 9.49. The molecule has 0 saturated carbocycles. The molecular formula is C23H21ClFN3O4. The van der Waals surface area contributed by atoms with Gasteiger partial charge in [-0.15, -0.1) is 12.4 Å². The molecule has 4 aromatic rings. The van der Waals surface area contributed by atoms with Gasteiger partial charge in [0.2, 0.25) is 0 Å². The van der Waals surface area contributed by atoms with Crippen molar-refractivity contribution in [1.29, 1.82) is 0 Å². The van der Waals surface area contributed by atoms with Gasteiger partial charge in [-0.25, -0.2) is 9.37 Å². The summed E-state index contributed by atoms with van der Waals surface area (Å²) >= 11 is 0. The Labute approximate surface area is 189 Å². The van der Waals surface area contributed by atoms with Gasteiger partial charge in [0, 0.05) is 29.8 Å². The average molecular weight is 458 g/mol. The highest BCUT2D eigenvalue weighted by atomic mass is 35.5. The van der Waals surface area contributed by atoms with Gasteiger partial charge in [0.25, 0.3) is 5.56 Å². The van der Waals surface area contributed by atoms with Crippen LogP contribution in [0.1, 0.15) is 17.1 Å². The Kier molecular flexibility index (Phi) is 6.64. The van der Waals surface area contributed by atoms with Crippen molar-refractivity contribution in [2.24, 2.45) is 0 Å². The standard InChI is InChI=1S/C23H20FN3O4.ClH/c1-12-6-14(24)9-17(25-12)15-5-4-13(7-19(15)28)8-22-26-18-11-21(31-3)20(30-2)10-16(18)23(29)27-22;/h4-7,9-11,28H,8H2,1-3H3,(H,26,27,29);1H. The molecule has 0 saturated heterocycles. The van der Waals surface area contributed by atoms with Crippen LogP contribution >= 0.6 is 12.4 Å². The molecule has 2 heterocycles. The maximum absolute atomic E-state index is 13.7. The monoisotopic (exact) mass is 457 g/mol. The number of hydrogen-bond acceptors (Lipinski definition) is 6. The van der Waals surface area contributed by atoms with Crippen molar-refractivity contribution in [3.63, 3.8) is 0 Å². The van der Waals surface area contributed by atoms with E-state index in [0.717, 1.165) is 5.56 Å². The lowest BCUT2D eigenvalue weighted by atomic mass is 10.0. The van der Waals surface area contributed by atoms with Gasteiger partial charge in [-0.3, -0.25) is 9.78 Å². The van der Waals surface area contributed by atoms with E-state index in [9.17, 15) is 14.3 Å². The van der Waals surface area contributed by atoms with Gasteiger partial charge in [-0.05, 0) is 36.8 Å². The molecule has 0 unspecified atom stereocenters. The van der Waals surface area contributed by atoms with Crippen molar-refractivity contribution >= 4 is 23.3 Å². The second-order valence-corrected chi connectivity index (χ2v) is 7.08. The molecule has 0 atom stereocenters. The molecule has 32 heavy (non-hydrogen) atoms. The maximum Gasteiger partial charge on any atom is 0.258 e. The van der Waals surface area contributed by atoms with Gasteiger partial charge in [-0.1, -0.05) is 6.07 Å². The Bertz CT molecular complexity index is 1340. The molecule has 0 amide bonds. The number of halogens is 2. The molecule has 0 aliphatic carbocycles. The summed E-state index contributed by atoms with van der Waals surface area (Å²) in [6.07, 6.45) is 0.281. The Hall–Kier alpha value is -3.65. The van der Waals surface area contributed by atoms with Crippen LogP contribution in [0.5, 0.6) is 17.2 Å². The number of hydrogen-bond donors (Lipinski definition) is 2. The fourth-order valence-electron chi connectivity index (χ4n) is 3.46. The summed E-state index contributed by atoms with van der Waals surface area (Å²) in [6.45, 7) is 1.68. The lowest BCUT2D eigenvalue weighted by Crippen LogP contribution is -2.12. The van der Waals surface area contributed by atoms with Crippen molar-refractivity contribution in [2.45, 2.75) is 13.3 Å². The highest BCUT2D eigenvalue weighted by molar-refractivity contribution is 5.85. The van der Waals surface area contributed by atoms with Crippen molar-refractivity contribution in [3.05, 3.63) is 75.7 Å². The highest BCUT2D eigenvalue weighted by Gasteiger charge is 2.13. The van der Waals surface area contributed by atoms with Crippen molar-refractivity contribution in [3.8, 4) is 28.5 Å². The van der Waals surface area contributed by atoms with Gasteiger partial charge < -0.3 is 19.6 Å². The van der Waals surface area contributed by atoms with Crippen molar-refractivity contribution in [2.75, 3.05) is 14.2 Å². The average Bonchev–Trinajstić information content (AvgIpc) is 2.72. The summed E-state index contributed by atoms with van der Waals surface area (Å²) in [5, 5.41) is 10.9. The van der Waals surface area contributed by atoms with E-state index in [2.05, 4.69) is 15.0 Å². The van der Waals surface area contributed by atoms with Crippen LogP contribution in [-0.2, 0) is 6.42 Å². The third kappa shape index (κ3) is 4.50. The number of pyridine rings is 1. The van der Waals surface area contributed by atoms with Crippen LogP contribution in [0.2, 0.25) is 0 Å². The number of nitrogens with zero attached hydrogens (tertiary/aromatic N) is 2. The Morgan fingerprint density at radius 3 is 2.41 bits per heavy atom. The number of phenols is 1. The van der Waals surface area contributed by atoms with E-state index in [1.807, 2.05) is 0 Å². The Morgan fingerprint density at radius 1 is 1.03 bits per heavy atom. The lowest BCUT2D eigenvalue weighted by molar-refractivity contribution is 0.355. The zero-order valence-electron chi connectivity index (χ0n) is 17.6. The number of H-pyrrole nitrogens is 1. The normalized spacial score (nSPS) is 10.6. The minimum Gasteiger partial charge on any atom is -0.507 e. The SMILES string of the molecule is COc1cc2nc(Cc3ccc(-c4cc(F)cc(C)n4)c(O)c3)[nH]c(=O)c2cc1OC.Cl. The molecule has 0 fully saturated rings. The van der Waals surface area contributed by atoms with E-state index in [0.29, 0.717) is 45.2 Å². The third-order valence-corrected chi connectivity index (χ3v) is 4.89. The van der Waals surface area contributed by atoms with Gasteiger partial charge in [0.1, 0.15) is 17.4 Å². The molecule has 0 spiro atoms. The summed E-state index contributed by atoms with van der Waals surface area (Å²) in [5.74, 6) is 0.882. The second-order valence-electron chi connectivity index (χ2n) is 7.08. The third-order valence-electron chi connectivity index (χ3n) is 4.89. The molecule has 0 aliphatic heterocycles. The molecule has 2 aromatic carbocycles. The van der Waals surface area contributed by atoms with Crippen LogP contribution in [0.25, 0.3) is 22.2 Å². The van der Waals surface area contributed by atoms with Gasteiger partial charge in [0.05, 0.1) is 30.8 Å². The summed E-state index contributed by atoms with van der Waals surface area (Å²) in [7, 11) is 3.01. The molecule has 7 nitrogen and oxygen atoms in total. The van der Waals surface area contributed by atoms with Crippen molar-refractivity contribution < 1.29 is 19.0 Å². The Morgan fingerprint density at radius 2 is 1.75 bits per heavy atom. The molecule has 4 rings (SSSR count). The fourth-order valence-corrected chi connectivity index (χ4v) is 3.46. The second kappa shape index (κ2) is 9.23. The number of rotatable bonds is 5. The van der Waals surface area contributed by atoms with E-state index >= 15 is 0 Å². The van der Waals surface area contributed by atoms with Gasteiger partial charge in [-0.2, -0.15) is 0 Å². The quantitative estimate of drug-likeness (QED) is 0.467. The van der Waals surface area contributed by atoms with E-state index in [-0.39, 0.29) is 30.1 Å². The summed E-state index contributed by atoms with van der Waals surface area (Å²) in [5.41, 5.74) is 2.17. The molecule has 166 valence electrons. The van der Waals surface area contributed by atoms with E-state index < -0.39 is 5.82 Å². The summed E-state index contributed by atoms with van der Waals surface area (Å²) in [4.78, 5) is 24.1. The molecule has 2 aromatic heterocycles. The molecule has 9 heteroatoms. The Balaban J connectivity index is 0.00000289. The largest absolute Gasteiger partial charge is 0.507 e. The van der Waals surface area contributed by atoms with Crippen molar-refractivity contribution in [1.82, 2.24) is 15.0 Å². The number of aromatic amines is 1. The molecular weight excluding hydrogens is 437 g/mol. The van der Waals surface area contributed by atoms with Crippen LogP contribution in [0.4, 0.5) is 4.39 Å². The van der Waals surface area contributed by atoms with Gasteiger partial charge >= 0.3 is 0 Å². The first-order chi connectivity index (χ1) is 14.9. The number of methoxy groups -OCH3 is 2.